The summed E-state index contributed by atoms with van der Waals surface area (Å²) in [5, 5.41) is 15.1. The standard InChI is InChI=1S/C13H16N2O3/c1-8(9-4-2-3-5-11(9)16)14-10-6-7-12(17)15-13(10)18/h2-5,8,10,14,16H,6-7H2,1H3,(H,15,17,18). The smallest absolute Gasteiger partial charge is 0.243 e. The highest BCUT2D eigenvalue weighted by atomic mass is 16.3. The number of phenolic OH excluding ortho intramolecular Hbond substituents is 1. The van der Waals surface area contributed by atoms with Crippen LogP contribution in [0.2, 0.25) is 0 Å². The van der Waals surface area contributed by atoms with E-state index in [0.717, 1.165) is 5.56 Å². The number of imide groups is 1. The summed E-state index contributed by atoms with van der Waals surface area (Å²) >= 11 is 0. The average molecular weight is 248 g/mol. The van der Waals surface area contributed by atoms with Crippen molar-refractivity contribution >= 4 is 11.8 Å². The van der Waals surface area contributed by atoms with Crippen LogP contribution >= 0.6 is 0 Å². The number of nitrogens with one attached hydrogen (secondary N) is 2. The lowest BCUT2D eigenvalue weighted by Crippen LogP contribution is -2.51. The second-order valence-electron chi connectivity index (χ2n) is 4.45. The summed E-state index contributed by atoms with van der Waals surface area (Å²) < 4.78 is 0. The molecule has 18 heavy (non-hydrogen) atoms. The first-order chi connectivity index (χ1) is 8.58. The van der Waals surface area contributed by atoms with E-state index in [2.05, 4.69) is 10.6 Å². The summed E-state index contributed by atoms with van der Waals surface area (Å²) in [6.07, 6.45) is 0.833. The maximum Gasteiger partial charge on any atom is 0.243 e. The SMILES string of the molecule is CC(NC1CCC(=O)NC1=O)c1ccccc1O. The lowest BCUT2D eigenvalue weighted by Gasteiger charge is -2.25. The van der Waals surface area contributed by atoms with Gasteiger partial charge in [-0.25, -0.2) is 0 Å². The Morgan fingerprint density at radius 1 is 1.39 bits per heavy atom. The fourth-order valence-corrected chi connectivity index (χ4v) is 2.10. The molecule has 0 aliphatic carbocycles. The van der Waals surface area contributed by atoms with Crippen LogP contribution in [-0.4, -0.2) is 23.0 Å². The van der Waals surface area contributed by atoms with Crippen LogP contribution in [-0.2, 0) is 9.59 Å². The molecule has 1 aliphatic heterocycles. The van der Waals surface area contributed by atoms with Crippen molar-refractivity contribution in [2.75, 3.05) is 0 Å². The van der Waals surface area contributed by atoms with Gasteiger partial charge in [-0.3, -0.25) is 20.2 Å². The van der Waals surface area contributed by atoms with E-state index in [1.807, 2.05) is 13.0 Å². The van der Waals surface area contributed by atoms with Gasteiger partial charge < -0.3 is 5.11 Å². The monoisotopic (exact) mass is 248 g/mol. The second-order valence-corrected chi connectivity index (χ2v) is 4.45. The highest BCUT2D eigenvalue weighted by Crippen LogP contribution is 2.24. The molecule has 2 amide bonds. The number of phenols is 1. The number of rotatable bonds is 3. The summed E-state index contributed by atoms with van der Waals surface area (Å²) in [6.45, 7) is 1.87. The van der Waals surface area contributed by atoms with Gasteiger partial charge in [0.15, 0.2) is 0 Å². The number of carbonyl (C=O) groups excluding carboxylic acids is 2. The van der Waals surface area contributed by atoms with Crippen molar-refractivity contribution in [3.8, 4) is 5.75 Å². The average Bonchev–Trinajstić information content (AvgIpc) is 2.33. The molecule has 1 saturated heterocycles. The van der Waals surface area contributed by atoms with Gasteiger partial charge in [0.25, 0.3) is 0 Å². The zero-order chi connectivity index (χ0) is 13.1. The number of carbonyl (C=O) groups is 2. The predicted octanol–water partition coefficient (Wildman–Crippen LogP) is 0.848. The Bertz CT molecular complexity index is 473. The second kappa shape index (κ2) is 5.18. The van der Waals surface area contributed by atoms with Crippen LogP contribution in [0.1, 0.15) is 31.4 Å². The molecule has 0 bridgehead atoms. The summed E-state index contributed by atoms with van der Waals surface area (Å²) in [6, 6.07) is 6.44. The van der Waals surface area contributed by atoms with Crippen LogP contribution in [0, 0.1) is 0 Å². The molecule has 1 aromatic carbocycles. The van der Waals surface area contributed by atoms with Crippen LogP contribution in [0.15, 0.2) is 24.3 Å². The van der Waals surface area contributed by atoms with Gasteiger partial charge in [0, 0.05) is 18.0 Å². The van der Waals surface area contributed by atoms with Crippen molar-refractivity contribution in [1.82, 2.24) is 10.6 Å². The zero-order valence-electron chi connectivity index (χ0n) is 10.1. The lowest BCUT2D eigenvalue weighted by molar-refractivity contribution is -0.134. The number of aromatic hydroxyl groups is 1. The Balaban J connectivity index is 2.04. The van der Waals surface area contributed by atoms with Gasteiger partial charge in [-0.1, -0.05) is 18.2 Å². The molecule has 0 radical (unpaired) electrons. The van der Waals surface area contributed by atoms with E-state index in [1.54, 1.807) is 18.2 Å². The van der Waals surface area contributed by atoms with Crippen LogP contribution in [0.25, 0.3) is 0 Å². The van der Waals surface area contributed by atoms with Crippen LogP contribution in [0.4, 0.5) is 0 Å². The minimum absolute atomic E-state index is 0.157. The molecule has 0 aromatic heterocycles. The Kier molecular flexibility index (Phi) is 3.62. The van der Waals surface area contributed by atoms with Crippen molar-refractivity contribution in [1.29, 1.82) is 0 Å². The fraction of sp³-hybridized carbons (Fsp3) is 0.385. The number of hydrogen-bond donors (Lipinski definition) is 3. The van der Waals surface area contributed by atoms with Gasteiger partial charge in [-0.15, -0.1) is 0 Å². The summed E-state index contributed by atoms with van der Waals surface area (Å²) in [7, 11) is 0. The molecular weight excluding hydrogens is 232 g/mol. The number of hydrogen-bond acceptors (Lipinski definition) is 4. The molecule has 96 valence electrons. The largest absolute Gasteiger partial charge is 0.508 e. The molecule has 2 unspecified atom stereocenters. The molecule has 2 rings (SSSR count). The number of amides is 2. The number of piperidine rings is 1. The van der Waals surface area contributed by atoms with E-state index in [1.165, 1.54) is 0 Å². The van der Waals surface area contributed by atoms with Crippen molar-refractivity contribution in [3.05, 3.63) is 29.8 Å². The van der Waals surface area contributed by atoms with E-state index in [9.17, 15) is 14.7 Å². The van der Waals surface area contributed by atoms with Crippen molar-refractivity contribution < 1.29 is 14.7 Å². The quantitative estimate of drug-likeness (QED) is 0.693. The first kappa shape index (κ1) is 12.6. The molecule has 1 aliphatic rings. The molecule has 2 atom stereocenters. The number of benzene rings is 1. The predicted molar refractivity (Wildman–Crippen MR) is 65.8 cm³/mol. The van der Waals surface area contributed by atoms with Gasteiger partial charge in [-0.05, 0) is 19.4 Å². The van der Waals surface area contributed by atoms with Crippen molar-refractivity contribution in [3.63, 3.8) is 0 Å². The van der Waals surface area contributed by atoms with Gasteiger partial charge in [0.2, 0.25) is 11.8 Å². The Hall–Kier alpha value is -1.88. The minimum Gasteiger partial charge on any atom is -0.508 e. The normalized spacial score (nSPS) is 21.5. The highest BCUT2D eigenvalue weighted by Gasteiger charge is 2.28. The van der Waals surface area contributed by atoms with Gasteiger partial charge >= 0.3 is 0 Å². The van der Waals surface area contributed by atoms with Crippen molar-refractivity contribution in [2.24, 2.45) is 0 Å². The Labute approximate surface area is 105 Å². The van der Waals surface area contributed by atoms with Gasteiger partial charge in [0.1, 0.15) is 5.75 Å². The molecular formula is C13H16N2O3. The van der Waals surface area contributed by atoms with Crippen LogP contribution in [0.5, 0.6) is 5.75 Å². The van der Waals surface area contributed by atoms with E-state index in [-0.39, 0.29) is 23.6 Å². The van der Waals surface area contributed by atoms with Crippen molar-refractivity contribution in [2.45, 2.75) is 31.8 Å². The summed E-state index contributed by atoms with van der Waals surface area (Å²) in [5.74, 6) is -0.327. The molecule has 0 spiro atoms. The molecule has 1 heterocycles. The Morgan fingerprint density at radius 3 is 2.78 bits per heavy atom. The first-order valence-electron chi connectivity index (χ1n) is 5.95. The molecule has 1 fully saturated rings. The minimum atomic E-state index is -0.391. The first-order valence-corrected chi connectivity index (χ1v) is 5.95. The third-order valence-electron chi connectivity index (χ3n) is 3.09. The molecule has 0 saturated carbocycles. The molecule has 1 aromatic rings. The summed E-state index contributed by atoms with van der Waals surface area (Å²) in [5.41, 5.74) is 0.738. The third-order valence-corrected chi connectivity index (χ3v) is 3.09. The maximum absolute atomic E-state index is 11.6. The topological polar surface area (TPSA) is 78.4 Å². The van der Waals surface area contributed by atoms with Gasteiger partial charge in [0.05, 0.1) is 6.04 Å². The van der Waals surface area contributed by atoms with E-state index >= 15 is 0 Å². The third kappa shape index (κ3) is 2.68. The molecule has 5 nitrogen and oxygen atoms in total. The summed E-state index contributed by atoms with van der Waals surface area (Å²) in [4.78, 5) is 22.6. The van der Waals surface area contributed by atoms with E-state index in [4.69, 9.17) is 0 Å². The van der Waals surface area contributed by atoms with E-state index < -0.39 is 6.04 Å². The zero-order valence-corrected chi connectivity index (χ0v) is 10.1. The molecule has 5 heteroatoms. The van der Waals surface area contributed by atoms with Gasteiger partial charge in [-0.2, -0.15) is 0 Å². The van der Waals surface area contributed by atoms with Crippen LogP contribution in [0.3, 0.4) is 0 Å². The van der Waals surface area contributed by atoms with Crippen LogP contribution < -0.4 is 10.6 Å². The molecule has 3 N–H and O–H groups in total. The van der Waals surface area contributed by atoms with E-state index in [0.29, 0.717) is 12.8 Å². The number of para-hydroxylation sites is 1. The maximum atomic E-state index is 11.6. The highest BCUT2D eigenvalue weighted by molar-refractivity contribution is 6.00. The Morgan fingerprint density at radius 2 is 2.11 bits per heavy atom. The fourth-order valence-electron chi connectivity index (χ4n) is 2.10. The lowest BCUT2D eigenvalue weighted by atomic mass is 10.0.